The summed E-state index contributed by atoms with van der Waals surface area (Å²) in [6.45, 7) is 5.06. The molecule has 0 saturated carbocycles. The molecule has 0 spiro atoms. The normalized spacial score (nSPS) is 12.0. The Hall–Kier alpha value is -4.14. The average molecular weight is 618 g/mol. The van der Waals surface area contributed by atoms with E-state index >= 15 is 0 Å². The van der Waals surface area contributed by atoms with Crippen molar-refractivity contribution in [2.24, 2.45) is 0 Å². The Balaban J connectivity index is 1.81. The number of rotatable bonds is 12. The molecule has 0 saturated heterocycles. The standard InChI is InChI=1S/C34H36ClN3O4S/c1-25(2)36-34(40)32(22-27-13-7-4-8-14-27)37(23-28-15-9-5-10-16-28)33(39)24-38(31-20-19-29(35)21-26(31)3)43(41,42)30-17-11-6-12-18-30/h4-21,25,32H,22-24H2,1-3H3,(H,36,40)/t32-/m1/s1. The van der Waals surface area contributed by atoms with E-state index in [1.165, 1.54) is 17.0 Å². The van der Waals surface area contributed by atoms with E-state index in [0.717, 1.165) is 15.4 Å². The highest BCUT2D eigenvalue weighted by Gasteiger charge is 2.35. The molecule has 0 fully saturated rings. The minimum absolute atomic E-state index is 0.0464. The fraction of sp³-hybridized carbons (Fsp3) is 0.235. The van der Waals surface area contributed by atoms with Crippen LogP contribution in [0.1, 0.15) is 30.5 Å². The molecular weight excluding hydrogens is 582 g/mol. The van der Waals surface area contributed by atoms with Gasteiger partial charge in [0.25, 0.3) is 10.0 Å². The predicted molar refractivity (Wildman–Crippen MR) is 171 cm³/mol. The molecule has 4 rings (SSSR count). The zero-order valence-corrected chi connectivity index (χ0v) is 26.1. The third kappa shape index (κ3) is 8.24. The van der Waals surface area contributed by atoms with Crippen molar-refractivity contribution in [2.45, 2.75) is 50.7 Å². The van der Waals surface area contributed by atoms with Gasteiger partial charge in [-0.05, 0) is 67.8 Å². The second-order valence-electron chi connectivity index (χ2n) is 10.6. The number of carbonyl (C=O) groups is 2. The van der Waals surface area contributed by atoms with E-state index in [-0.39, 0.29) is 29.8 Å². The van der Waals surface area contributed by atoms with E-state index in [0.29, 0.717) is 16.3 Å². The molecule has 0 aromatic heterocycles. The molecule has 2 amide bonds. The fourth-order valence-corrected chi connectivity index (χ4v) is 6.57. The average Bonchev–Trinajstić information content (AvgIpc) is 2.99. The molecule has 4 aromatic carbocycles. The summed E-state index contributed by atoms with van der Waals surface area (Å²) in [4.78, 5) is 29.7. The summed E-state index contributed by atoms with van der Waals surface area (Å²) in [5, 5.41) is 3.41. The largest absolute Gasteiger partial charge is 0.352 e. The number of halogens is 1. The third-order valence-electron chi connectivity index (χ3n) is 6.94. The second-order valence-corrected chi connectivity index (χ2v) is 12.9. The Morgan fingerprint density at radius 2 is 1.37 bits per heavy atom. The van der Waals surface area contributed by atoms with Gasteiger partial charge >= 0.3 is 0 Å². The van der Waals surface area contributed by atoms with Gasteiger partial charge in [0.2, 0.25) is 11.8 Å². The number of anilines is 1. The van der Waals surface area contributed by atoms with E-state index in [2.05, 4.69) is 5.32 Å². The van der Waals surface area contributed by atoms with Crippen LogP contribution in [0.25, 0.3) is 0 Å². The number of nitrogens with one attached hydrogen (secondary N) is 1. The molecule has 43 heavy (non-hydrogen) atoms. The van der Waals surface area contributed by atoms with Gasteiger partial charge in [-0.3, -0.25) is 13.9 Å². The highest BCUT2D eigenvalue weighted by molar-refractivity contribution is 7.92. The van der Waals surface area contributed by atoms with Crippen LogP contribution in [0.2, 0.25) is 5.02 Å². The van der Waals surface area contributed by atoms with Gasteiger partial charge in [0.15, 0.2) is 0 Å². The molecular formula is C34H36ClN3O4S. The number of hydrogen-bond donors (Lipinski definition) is 1. The maximum Gasteiger partial charge on any atom is 0.264 e. The van der Waals surface area contributed by atoms with Crippen LogP contribution in [-0.4, -0.2) is 43.8 Å². The summed E-state index contributed by atoms with van der Waals surface area (Å²) in [5.74, 6) is -0.833. The molecule has 0 heterocycles. The van der Waals surface area contributed by atoms with Crippen molar-refractivity contribution < 1.29 is 18.0 Å². The minimum atomic E-state index is -4.17. The number of amides is 2. The van der Waals surface area contributed by atoms with Crippen molar-refractivity contribution in [3.8, 4) is 0 Å². The summed E-state index contributed by atoms with van der Waals surface area (Å²) < 4.78 is 29.2. The fourth-order valence-electron chi connectivity index (χ4n) is 4.85. The zero-order chi connectivity index (χ0) is 31.0. The molecule has 4 aromatic rings. The topological polar surface area (TPSA) is 86.8 Å². The van der Waals surface area contributed by atoms with Gasteiger partial charge in [0.05, 0.1) is 10.6 Å². The van der Waals surface area contributed by atoms with Crippen molar-refractivity contribution >= 4 is 39.1 Å². The number of hydrogen-bond acceptors (Lipinski definition) is 4. The minimum Gasteiger partial charge on any atom is -0.352 e. The van der Waals surface area contributed by atoms with Crippen LogP contribution in [-0.2, 0) is 32.6 Å². The maximum atomic E-state index is 14.4. The molecule has 0 aliphatic heterocycles. The molecule has 0 aliphatic rings. The Morgan fingerprint density at radius 3 is 1.93 bits per heavy atom. The van der Waals surface area contributed by atoms with Crippen LogP contribution < -0.4 is 9.62 Å². The van der Waals surface area contributed by atoms with Crippen molar-refractivity contribution in [1.29, 1.82) is 0 Å². The Labute approximate surface area is 259 Å². The molecule has 0 radical (unpaired) electrons. The van der Waals surface area contributed by atoms with Crippen LogP contribution in [0.4, 0.5) is 5.69 Å². The lowest BCUT2D eigenvalue weighted by molar-refractivity contribution is -0.140. The number of benzene rings is 4. The summed E-state index contributed by atoms with van der Waals surface area (Å²) in [7, 11) is -4.17. The monoisotopic (exact) mass is 617 g/mol. The van der Waals surface area contributed by atoms with Crippen molar-refractivity contribution in [3.63, 3.8) is 0 Å². The van der Waals surface area contributed by atoms with Gasteiger partial charge in [-0.25, -0.2) is 8.42 Å². The first-order valence-corrected chi connectivity index (χ1v) is 15.9. The predicted octanol–water partition coefficient (Wildman–Crippen LogP) is 6.01. The van der Waals surface area contributed by atoms with E-state index in [9.17, 15) is 18.0 Å². The smallest absolute Gasteiger partial charge is 0.264 e. The Morgan fingerprint density at radius 1 is 0.814 bits per heavy atom. The molecule has 1 N–H and O–H groups in total. The highest BCUT2D eigenvalue weighted by Crippen LogP contribution is 2.29. The van der Waals surface area contributed by atoms with Gasteiger partial charge in [-0.2, -0.15) is 0 Å². The van der Waals surface area contributed by atoms with Crippen LogP contribution in [0.15, 0.2) is 114 Å². The number of aryl methyl sites for hydroxylation is 1. The number of carbonyl (C=O) groups excluding carboxylic acids is 2. The molecule has 9 heteroatoms. The summed E-state index contributed by atoms with van der Waals surface area (Å²) in [6.07, 6.45) is 0.253. The van der Waals surface area contributed by atoms with E-state index in [1.807, 2.05) is 74.5 Å². The maximum absolute atomic E-state index is 14.4. The highest BCUT2D eigenvalue weighted by atomic mass is 35.5. The zero-order valence-electron chi connectivity index (χ0n) is 24.5. The van der Waals surface area contributed by atoms with E-state index in [1.54, 1.807) is 43.3 Å². The lowest BCUT2D eigenvalue weighted by Gasteiger charge is -2.34. The first-order chi connectivity index (χ1) is 20.6. The number of nitrogens with zero attached hydrogens (tertiary/aromatic N) is 2. The summed E-state index contributed by atoms with van der Waals surface area (Å²) in [6, 6.07) is 30.6. The molecule has 0 bridgehead atoms. The lowest BCUT2D eigenvalue weighted by atomic mass is 10.0. The molecule has 0 unspecified atom stereocenters. The van der Waals surface area contributed by atoms with Crippen LogP contribution >= 0.6 is 11.6 Å². The van der Waals surface area contributed by atoms with E-state index in [4.69, 9.17) is 11.6 Å². The first kappa shape index (κ1) is 31.8. The Kier molecular flexibility index (Phi) is 10.6. The summed E-state index contributed by atoms with van der Waals surface area (Å²) in [5.41, 5.74) is 2.60. The quantitative estimate of drug-likeness (QED) is 0.211. The molecule has 1 atom stereocenters. The van der Waals surface area contributed by atoms with Crippen LogP contribution in [0, 0.1) is 6.92 Å². The lowest BCUT2D eigenvalue weighted by Crippen LogP contribution is -2.54. The van der Waals surface area contributed by atoms with E-state index < -0.39 is 28.5 Å². The van der Waals surface area contributed by atoms with Crippen LogP contribution in [0.3, 0.4) is 0 Å². The number of sulfonamides is 1. The van der Waals surface area contributed by atoms with Crippen molar-refractivity contribution in [3.05, 3.63) is 131 Å². The van der Waals surface area contributed by atoms with Crippen molar-refractivity contribution in [2.75, 3.05) is 10.8 Å². The van der Waals surface area contributed by atoms with Crippen molar-refractivity contribution in [1.82, 2.24) is 10.2 Å². The third-order valence-corrected chi connectivity index (χ3v) is 8.94. The first-order valence-electron chi connectivity index (χ1n) is 14.1. The second kappa shape index (κ2) is 14.4. The molecule has 7 nitrogen and oxygen atoms in total. The van der Waals surface area contributed by atoms with Gasteiger partial charge < -0.3 is 10.2 Å². The van der Waals surface area contributed by atoms with Gasteiger partial charge in [-0.1, -0.05) is 90.5 Å². The Bertz CT molecular complexity index is 1630. The van der Waals surface area contributed by atoms with Gasteiger partial charge in [0.1, 0.15) is 12.6 Å². The molecule has 224 valence electrons. The van der Waals surface area contributed by atoms with Gasteiger partial charge in [0, 0.05) is 24.0 Å². The van der Waals surface area contributed by atoms with Crippen LogP contribution in [0.5, 0.6) is 0 Å². The SMILES string of the molecule is Cc1cc(Cl)ccc1N(CC(=O)N(Cc1ccccc1)[C@H](Cc1ccccc1)C(=O)NC(C)C)S(=O)(=O)c1ccccc1. The molecule has 0 aliphatic carbocycles. The van der Waals surface area contributed by atoms with Gasteiger partial charge in [-0.15, -0.1) is 0 Å². The summed E-state index contributed by atoms with van der Waals surface area (Å²) >= 11 is 6.21.